The van der Waals surface area contributed by atoms with E-state index in [4.69, 9.17) is 13.9 Å². The fourth-order valence-electron chi connectivity index (χ4n) is 2.90. The van der Waals surface area contributed by atoms with Crippen molar-refractivity contribution in [3.8, 4) is 0 Å². The van der Waals surface area contributed by atoms with Crippen molar-refractivity contribution >= 4 is 29.8 Å². The Morgan fingerprint density at radius 1 is 0.968 bits per heavy atom. The molecule has 0 aliphatic rings. The van der Waals surface area contributed by atoms with E-state index in [1.807, 2.05) is 24.3 Å². The van der Waals surface area contributed by atoms with Crippen LogP contribution in [0.4, 0.5) is 5.88 Å². The quantitative estimate of drug-likeness (QED) is 0.499. The molecule has 7 heteroatoms. The van der Waals surface area contributed by atoms with Crippen LogP contribution in [-0.4, -0.2) is 31.1 Å². The lowest BCUT2D eigenvalue weighted by Gasteiger charge is -2.18. The van der Waals surface area contributed by atoms with Gasteiger partial charge in [0.1, 0.15) is 16.9 Å². The molecule has 1 aromatic heterocycles. The molecule has 2 rings (SSSR count). The molecule has 0 bridgehead atoms. The highest BCUT2D eigenvalue weighted by Crippen LogP contribution is 2.29. The SMILES string of the molecule is CCOC(=O)c1c(C)oc(NC(=O)/C=C/c2ccc(C(C)(C)C)cc2)c1C(=O)OCC. The second-order valence-electron chi connectivity index (χ2n) is 7.87. The van der Waals surface area contributed by atoms with Crippen LogP contribution in [0.3, 0.4) is 0 Å². The van der Waals surface area contributed by atoms with E-state index in [0.29, 0.717) is 0 Å². The zero-order chi connectivity index (χ0) is 23.2. The number of anilines is 1. The predicted molar refractivity (Wildman–Crippen MR) is 118 cm³/mol. The van der Waals surface area contributed by atoms with Gasteiger partial charge in [0, 0.05) is 6.08 Å². The topological polar surface area (TPSA) is 94.8 Å². The monoisotopic (exact) mass is 427 g/mol. The molecule has 0 aliphatic carbocycles. The second-order valence-corrected chi connectivity index (χ2v) is 7.87. The van der Waals surface area contributed by atoms with Crippen molar-refractivity contribution in [3.05, 3.63) is 58.4 Å². The summed E-state index contributed by atoms with van der Waals surface area (Å²) in [5, 5.41) is 2.51. The third-order valence-electron chi connectivity index (χ3n) is 4.48. The Labute approximate surface area is 182 Å². The molecule has 0 fully saturated rings. The largest absolute Gasteiger partial charge is 0.462 e. The number of aryl methyl sites for hydroxylation is 1. The van der Waals surface area contributed by atoms with Crippen LogP contribution in [0.25, 0.3) is 6.08 Å². The minimum Gasteiger partial charge on any atom is -0.462 e. The smallest absolute Gasteiger partial charge is 0.344 e. The summed E-state index contributed by atoms with van der Waals surface area (Å²) in [5.74, 6) is -2.02. The van der Waals surface area contributed by atoms with Crippen molar-refractivity contribution in [1.82, 2.24) is 0 Å². The Hall–Kier alpha value is -3.35. The van der Waals surface area contributed by atoms with Crippen LogP contribution in [-0.2, 0) is 19.7 Å². The molecule has 31 heavy (non-hydrogen) atoms. The number of hydrogen-bond donors (Lipinski definition) is 1. The Morgan fingerprint density at radius 2 is 1.52 bits per heavy atom. The number of furan rings is 1. The zero-order valence-corrected chi connectivity index (χ0v) is 18.8. The highest BCUT2D eigenvalue weighted by atomic mass is 16.5. The number of esters is 2. The first-order valence-corrected chi connectivity index (χ1v) is 10.2. The van der Waals surface area contributed by atoms with Crippen LogP contribution in [0.1, 0.15) is 72.2 Å². The van der Waals surface area contributed by atoms with Gasteiger partial charge in [0.25, 0.3) is 5.91 Å². The summed E-state index contributed by atoms with van der Waals surface area (Å²) in [6, 6.07) is 7.87. The van der Waals surface area contributed by atoms with Crippen LogP contribution in [0, 0.1) is 6.92 Å². The number of carbonyl (C=O) groups excluding carboxylic acids is 3. The third kappa shape index (κ3) is 6.07. The predicted octanol–water partition coefficient (Wildman–Crippen LogP) is 4.89. The van der Waals surface area contributed by atoms with Gasteiger partial charge in [-0.2, -0.15) is 0 Å². The van der Waals surface area contributed by atoms with Crippen LogP contribution in [0.5, 0.6) is 0 Å². The summed E-state index contributed by atoms with van der Waals surface area (Å²) in [7, 11) is 0. The first-order chi connectivity index (χ1) is 14.6. The molecule has 0 saturated heterocycles. The number of rotatable bonds is 7. The van der Waals surface area contributed by atoms with Gasteiger partial charge in [-0.15, -0.1) is 0 Å². The summed E-state index contributed by atoms with van der Waals surface area (Å²) in [6.07, 6.45) is 2.97. The van der Waals surface area contributed by atoms with Crippen LogP contribution < -0.4 is 5.32 Å². The van der Waals surface area contributed by atoms with Gasteiger partial charge >= 0.3 is 11.9 Å². The number of amides is 1. The van der Waals surface area contributed by atoms with Gasteiger partial charge in [-0.3, -0.25) is 10.1 Å². The zero-order valence-electron chi connectivity index (χ0n) is 18.8. The van der Waals surface area contributed by atoms with E-state index in [-0.39, 0.29) is 41.4 Å². The molecular formula is C24H29NO6. The van der Waals surface area contributed by atoms with Gasteiger partial charge in [-0.1, -0.05) is 45.0 Å². The Morgan fingerprint density at radius 3 is 2.03 bits per heavy atom. The van der Waals surface area contributed by atoms with Crippen LogP contribution >= 0.6 is 0 Å². The van der Waals surface area contributed by atoms with E-state index in [0.717, 1.165) is 5.56 Å². The van der Waals surface area contributed by atoms with Crippen molar-refractivity contribution in [3.63, 3.8) is 0 Å². The van der Waals surface area contributed by atoms with Gasteiger partial charge in [-0.05, 0) is 43.4 Å². The number of nitrogens with one attached hydrogen (secondary N) is 1. The molecule has 1 N–H and O–H groups in total. The molecule has 1 heterocycles. The first kappa shape index (κ1) is 23.9. The molecular weight excluding hydrogens is 398 g/mol. The molecule has 0 saturated carbocycles. The molecule has 0 aliphatic heterocycles. The second kappa shape index (κ2) is 10.1. The molecule has 166 valence electrons. The minimum absolute atomic E-state index is 0.0386. The molecule has 0 spiro atoms. The van der Waals surface area contributed by atoms with Crippen LogP contribution in [0.15, 0.2) is 34.8 Å². The molecule has 0 atom stereocenters. The summed E-state index contributed by atoms with van der Waals surface area (Å²) < 4.78 is 15.5. The van der Waals surface area contributed by atoms with Gasteiger partial charge in [0.15, 0.2) is 0 Å². The van der Waals surface area contributed by atoms with Crippen molar-refractivity contribution in [2.45, 2.75) is 47.0 Å². The van der Waals surface area contributed by atoms with E-state index in [1.54, 1.807) is 19.9 Å². The highest BCUT2D eigenvalue weighted by molar-refractivity contribution is 6.10. The number of ether oxygens (including phenoxy) is 2. The lowest BCUT2D eigenvalue weighted by Crippen LogP contribution is -2.16. The van der Waals surface area contributed by atoms with E-state index in [9.17, 15) is 14.4 Å². The van der Waals surface area contributed by atoms with Crippen molar-refractivity contribution in [1.29, 1.82) is 0 Å². The third-order valence-corrected chi connectivity index (χ3v) is 4.48. The summed E-state index contributed by atoms with van der Waals surface area (Å²) in [4.78, 5) is 37.1. The van der Waals surface area contributed by atoms with Crippen molar-refractivity contribution < 1.29 is 28.3 Å². The number of hydrogen-bond acceptors (Lipinski definition) is 6. The Kier molecular flexibility index (Phi) is 7.80. The molecule has 0 unspecified atom stereocenters. The Balaban J connectivity index is 2.25. The van der Waals surface area contributed by atoms with Crippen molar-refractivity contribution in [2.75, 3.05) is 18.5 Å². The van der Waals surface area contributed by atoms with Gasteiger partial charge in [0.2, 0.25) is 5.88 Å². The lowest BCUT2D eigenvalue weighted by atomic mass is 9.87. The Bertz CT molecular complexity index is 977. The summed E-state index contributed by atoms with van der Waals surface area (Å²) in [6.45, 7) is 11.4. The normalized spacial score (nSPS) is 11.4. The number of carbonyl (C=O) groups is 3. The summed E-state index contributed by atoms with van der Waals surface area (Å²) in [5.41, 5.74) is 1.85. The molecule has 0 radical (unpaired) electrons. The van der Waals surface area contributed by atoms with Gasteiger partial charge in [-0.25, -0.2) is 9.59 Å². The molecule has 7 nitrogen and oxygen atoms in total. The van der Waals surface area contributed by atoms with Gasteiger partial charge < -0.3 is 13.9 Å². The average Bonchev–Trinajstić information content (AvgIpc) is 3.02. The van der Waals surface area contributed by atoms with Crippen LogP contribution in [0.2, 0.25) is 0 Å². The maximum Gasteiger partial charge on any atom is 0.344 e. The average molecular weight is 427 g/mol. The number of benzene rings is 1. The molecule has 2 aromatic rings. The maximum absolute atomic E-state index is 12.4. The van der Waals surface area contributed by atoms with E-state index < -0.39 is 17.8 Å². The van der Waals surface area contributed by atoms with Gasteiger partial charge in [0.05, 0.1) is 13.2 Å². The van der Waals surface area contributed by atoms with E-state index >= 15 is 0 Å². The van der Waals surface area contributed by atoms with E-state index in [1.165, 1.54) is 18.6 Å². The van der Waals surface area contributed by atoms with E-state index in [2.05, 4.69) is 26.1 Å². The fraction of sp³-hybridized carbons (Fsp3) is 0.375. The fourth-order valence-corrected chi connectivity index (χ4v) is 2.90. The van der Waals surface area contributed by atoms with Crippen molar-refractivity contribution in [2.24, 2.45) is 0 Å². The highest BCUT2D eigenvalue weighted by Gasteiger charge is 2.31. The lowest BCUT2D eigenvalue weighted by molar-refractivity contribution is -0.111. The molecule has 1 amide bonds. The molecule has 1 aromatic carbocycles. The minimum atomic E-state index is -0.778. The standard InChI is InChI=1S/C24H29NO6/c1-7-29-22(27)19-15(3)31-21(20(19)23(28)30-8-2)25-18(26)14-11-16-9-12-17(13-10-16)24(4,5)6/h9-14H,7-8H2,1-6H3,(H,25,26)/b14-11+. The first-order valence-electron chi connectivity index (χ1n) is 10.2. The maximum atomic E-state index is 12.4. The summed E-state index contributed by atoms with van der Waals surface area (Å²) >= 11 is 0.